The summed E-state index contributed by atoms with van der Waals surface area (Å²) in [5, 5.41) is 0.721. The van der Waals surface area contributed by atoms with Crippen molar-refractivity contribution in [3.05, 3.63) is 45.7 Å². The molecule has 1 aliphatic rings. The van der Waals surface area contributed by atoms with E-state index in [9.17, 15) is 9.18 Å². The van der Waals surface area contributed by atoms with Crippen molar-refractivity contribution in [1.29, 1.82) is 0 Å². The molecular formula is C16H18FN3O2S. The van der Waals surface area contributed by atoms with E-state index in [0.29, 0.717) is 29.4 Å². The highest BCUT2D eigenvalue weighted by Crippen LogP contribution is 2.23. The normalized spacial score (nSPS) is 17.5. The molecule has 0 radical (unpaired) electrons. The van der Waals surface area contributed by atoms with Crippen molar-refractivity contribution in [3.63, 3.8) is 0 Å². The first-order valence-electron chi connectivity index (χ1n) is 7.42. The molecule has 23 heavy (non-hydrogen) atoms. The van der Waals surface area contributed by atoms with Gasteiger partial charge in [0.05, 0.1) is 5.69 Å². The molecule has 0 bridgehead atoms. The van der Waals surface area contributed by atoms with Gasteiger partial charge in [-0.15, -0.1) is 11.3 Å². The van der Waals surface area contributed by atoms with Crippen molar-refractivity contribution in [3.8, 4) is 5.75 Å². The van der Waals surface area contributed by atoms with Crippen molar-refractivity contribution in [1.82, 2.24) is 9.88 Å². The molecule has 1 aliphatic heterocycles. The number of nitrogens with zero attached hydrogens (tertiary/aromatic N) is 2. The van der Waals surface area contributed by atoms with E-state index in [1.807, 2.05) is 6.92 Å². The molecule has 2 aromatic rings. The Balaban J connectivity index is 1.66. The van der Waals surface area contributed by atoms with Crippen LogP contribution in [0, 0.1) is 12.7 Å². The number of thiazole rings is 1. The number of aryl methyl sites for hydroxylation is 1. The molecule has 1 amide bonds. The highest BCUT2D eigenvalue weighted by molar-refractivity contribution is 7.13. The quantitative estimate of drug-likeness (QED) is 0.931. The number of amides is 1. The topological polar surface area (TPSA) is 68.5 Å². The van der Waals surface area contributed by atoms with Crippen LogP contribution in [-0.4, -0.2) is 34.9 Å². The SMILES string of the molecule is Cc1nc(COc2ccc(F)cc2)sc1C(=O)N1CC[C@@H](N)C1. The fraction of sp³-hybridized carbons (Fsp3) is 0.375. The van der Waals surface area contributed by atoms with Crippen LogP contribution >= 0.6 is 11.3 Å². The zero-order valence-electron chi connectivity index (χ0n) is 12.8. The lowest BCUT2D eigenvalue weighted by Crippen LogP contribution is -2.31. The van der Waals surface area contributed by atoms with E-state index in [1.54, 1.807) is 17.0 Å². The molecule has 122 valence electrons. The summed E-state index contributed by atoms with van der Waals surface area (Å²) in [7, 11) is 0. The maximum atomic E-state index is 12.9. The molecule has 1 fully saturated rings. The van der Waals surface area contributed by atoms with Crippen molar-refractivity contribution in [2.45, 2.75) is 26.0 Å². The zero-order valence-corrected chi connectivity index (χ0v) is 13.6. The molecule has 2 heterocycles. The Kier molecular flexibility index (Phi) is 4.58. The maximum Gasteiger partial charge on any atom is 0.265 e. The first-order valence-corrected chi connectivity index (χ1v) is 8.24. The molecular weight excluding hydrogens is 317 g/mol. The van der Waals surface area contributed by atoms with Gasteiger partial charge >= 0.3 is 0 Å². The molecule has 5 nitrogen and oxygen atoms in total. The summed E-state index contributed by atoms with van der Waals surface area (Å²) in [6, 6.07) is 5.87. The Labute approximate surface area is 137 Å². The van der Waals surface area contributed by atoms with Gasteiger partial charge in [0.1, 0.15) is 28.1 Å². The number of carbonyl (C=O) groups is 1. The third-order valence-corrected chi connectivity index (χ3v) is 4.84. The largest absolute Gasteiger partial charge is 0.486 e. The highest BCUT2D eigenvalue weighted by atomic mass is 32.1. The highest BCUT2D eigenvalue weighted by Gasteiger charge is 2.27. The number of benzene rings is 1. The molecule has 2 N–H and O–H groups in total. The average molecular weight is 335 g/mol. The van der Waals surface area contributed by atoms with E-state index in [2.05, 4.69) is 4.98 Å². The first kappa shape index (κ1) is 15.9. The van der Waals surface area contributed by atoms with Crippen molar-refractivity contribution >= 4 is 17.2 Å². The minimum Gasteiger partial charge on any atom is -0.486 e. The molecule has 0 aliphatic carbocycles. The number of likely N-dealkylation sites (tertiary alicyclic amines) is 1. The number of hydrogen-bond donors (Lipinski definition) is 1. The summed E-state index contributed by atoms with van der Waals surface area (Å²) in [5.74, 6) is 0.248. The van der Waals surface area contributed by atoms with Gasteiger partial charge in [0, 0.05) is 19.1 Å². The summed E-state index contributed by atoms with van der Waals surface area (Å²) in [6.07, 6.45) is 0.837. The third kappa shape index (κ3) is 3.68. The fourth-order valence-electron chi connectivity index (χ4n) is 2.50. The van der Waals surface area contributed by atoms with Crippen LogP contribution in [0.1, 0.15) is 26.8 Å². The lowest BCUT2D eigenvalue weighted by molar-refractivity contribution is 0.0794. The van der Waals surface area contributed by atoms with Gasteiger partial charge in [0.2, 0.25) is 0 Å². The second-order valence-corrected chi connectivity index (χ2v) is 6.65. The summed E-state index contributed by atoms with van der Waals surface area (Å²) in [5.41, 5.74) is 6.56. The van der Waals surface area contributed by atoms with Crippen LogP contribution < -0.4 is 10.5 Å². The molecule has 1 aromatic carbocycles. The minimum atomic E-state index is -0.306. The third-order valence-electron chi connectivity index (χ3n) is 3.72. The van der Waals surface area contributed by atoms with E-state index >= 15 is 0 Å². The van der Waals surface area contributed by atoms with Crippen LogP contribution in [0.4, 0.5) is 4.39 Å². The fourth-order valence-corrected chi connectivity index (χ4v) is 3.45. The Bertz CT molecular complexity index is 702. The van der Waals surface area contributed by atoms with Crippen LogP contribution in [0.15, 0.2) is 24.3 Å². The molecule has 1 aromatic heterocycles. The molecule has 7 heteroatoms. The Morgan fingerprint density at radius 3 is 2.87 bits per heavy atom. The molecule has 3 rings (SSSR count). The van der Waals surface area contributed by atoms with E-state index in [1.165, 1.54) is 23.5 Å². The number of rotatable bonds is 4. The molecule has 0 saturated carbocycles. The van der Waals surface area contributed by atoms with Gasteiger partial charge in [-0.1, -0.05) is 0 Å². The number of hydrogen-bond acceptors (Lipinski definition) is 5. The van der Waals surface area contributed by atoms with Crippen molar-refractivity contribution < 1.29 is 13.9 Å². The summed E-state index contributed by atoms with van der Waals surface area (Å²) in [6.45, 7) is 3.36. The van der Waals surface area contributed by atoms with E-state index in [-0.39, 0.29) is 24.4 Å². The van der Waals surface area contributed by atoms with E-state index in [4.69, 9.17) is 10.5 Å². The smallest absolute Gasteiger partial charge is 0.265 e. The Morgan fingerprint density at radius 2 is 2.22 bits per heavy atom. The van der Waals surface area contributed by atoms with E-state index < -0.39 is 0 Å². The van der Waals surface area contributed by atoms with Gasteiger partial charge < -0.3 is 15.4 Å². The average Bonchev–Trinajstić information content (AvgIpc) is 3.12. The van der Waals surface area contributed by atoms with E-state index in [0.717, 1.165) is 11.4 Å². The second kappa shape index (κ2) is 6.64. The number of carbonyl (C=O) groups excluding carboxylic acids is 1. The molecule has 1 saturated heterocycles. The van der Waals surface area contributed by atoms with Crippen LogP contribution in [0.2, 0.25) is 0 Å². The molecule has 0 spiro atoms. The number of halogens is 1. The van der Waals surface area contributed by atoms with Gasteiger partial charge in [0.25, 0.3) is 5.91 Å². The summed E-state index contributed by atoms with van der Waals surface area (Å²) >= 11 is 1.34. The Morgan fingerprint density at radius 1 is 1.48 bits per heavy atom. The summed E-state index contributed by atoms with van der Waals surface area (Å²) in [4.78, 5) is 19.3. The van der Waals surface area contributed by atoms with Crippen LogP contribution in [-0.2, 0) is 6.61 Å². The molecule has 0 unspecified atom stereocenters. The predicted octanol–water partition coefficient (Wildman–Crippen LogP) is 2.34. The van der Waals surface area contributed by atoms with Crippen LogP contribution in [0.25, 0.3) is 0 Å². The predicted molar refractivity (Wildman–Crippen MR) is 86.1 cm³/mol. The first-order chi connectivity index (χ1) is 11.0. The second-order valence-electron chi connectivity index (χ2n) is 5.56. The van der Waals surface area contributed by atoms with Gasteiger partial charge in [0.15, 0.2) is 0 Å². The van der Waals surface area contributed by atoms with Crippen LogP contribution in [0.3, 0.4) is 0 Å². The summed E-state index contributed by atoms with van der Waals surface area (Å²) < 4.78 is 18.4. The monoisotopic (exact) mass is 335 g/mol. The minimum absolute atomic E-state index is 0.0130. The maximum absolute atomic E-state index is 12.9. The van der Waals surface area contributed by atoms with Crippen LogP contribution in [0.5, 0.6) is 5.75 Å². The van der Waals surface area contributed by atoms with Gasteiger partial charge in [-0.2, -0.15) is 0 Å². The lowest BCUT2D eigenvalue weighted by atomic mass is 10.3. The van der Waals surface area contributed by atoms with Crippen molar-refractivity contribution in [2.24, 2.45) is 5.73 Å². The zero-order chi connectivity index (χ0) is 16.4. The lowest BCUT2D eigenvalue weighted by Gasteiger charge is -2.14. The van der Waals surface area contributed by atoms with Gasteiger partial charge in [-0.3, -0.25) is 4.79 Å². The van der Waals surface area contributed by atoms with Crippen molar-refractivity contribution in [2.75, 3.05) is 13.1 Å². The number of ether oxygens (including phenoxy) is 1. The van der Waals surface area contributed by atoms with Gasteiger partial charge in [-0.25, -0.2) is 9.37 Å². The number of aromatic nitrogens is 1. The van der Waals surface area contributed by atoms with Gasteiger partial charge in [-0.05, 0) is 37.6 Å². The molecule has 1 atom stereocenters. The number of nitrogens with two attached hydrogens (primary N) is 1. The Hall–Kier alpha value is -1.99. The standard InChI is InChI=1S/C16H18FN3O2S/c1-10-15(16(21)20-7-6-12(18)8-20)23-14(19-10)9-22-13-4-2-11(17)3-5-13/h2-5,12H,6-9,18H2,1H3/t12-/m1/s1.